The van der Waals surface area contributed by atoms with Crippen LogP contribution in [-0.2, 0) is 4.74 Å². The Kier molecular flexibility index (Phi) is 9.85. The number of hydrogen-bond donors (Lipinski definition) is 1. The quantitative estimate of drug-likeness (QED) is 0.673. The predicted molar refractivity (Wildman–Crippen MR) is 48.7 cm³/mol. The fourth-order valence-electron chi connectivity index (χ4n) is 0.204. The molecular formula is C9H22O2. The van der Waals surface area contributed by atoms with Crippen LogP contribution in [0.1, 0.15) is 34.1 Å². The average molecular weight is 162 g/mol. The van der Waals surface area contributed by atoms with E-state index in [0.29, 0.717) is 0 Å². The summed E-state index contributed by atoms with van der Waals surface area (Å²) < 4.78 is 4.69. The van der Waals surface area contributed by atoms with Gasteiger partial charge in [-0.3, -0.25) is 0 Å². The van der Waals surface area contributed by atoms with Gasteiger partial charge in [-0.25, -0.2) is 0 Å². The van der Waals surface area contributed by atoms with Crippen molar-refractivity contribution in [3.05, 3.63) is 0 Å². The third kappa shape index (κ3) is 25.7. The predicted octanol–water partition coefficient (Wildman–Crippen LogP) is 2.07. The number of hydrogen-bond acceptors (Lipinski definition) is 2. The van der Waals surface area contributed by atoms with E-state index in [4.69, 9.17) is 9.84 Å². The lowest BCUT2D eigenvalue weighted by Gasteiger charge is -2.11. The van der Waals surface area contributed by atoms with Crippen LogP contribution in [0.4, 0.5) is 0 Å². The molecule has 0 amide bonds. The van der Waals surface area contributed by atoms with Crippen LogP contribution >= 0.6 is 0 Å². The summed E-state index contributed by atoms with van der Waals surface area (Å²) in [6.07, 6.45) is 1.12. The molecule has 0 aromatic heterocycles. The van der Waals surface area contributed by atoms with Crippen molar-refractivity contribution in [2.75, 3.05) is 20.3 Å². The molecule has 0 saturated carbocycles. The van der Waals surface area contributed by atoms with Crippen molar-refractivity contribution in [1.82, 2.24) is 0 Å². The molecule has 0 fully saturated rings. The zero-order valence-electron chi connectivity index (χ0n) is 8.48. The highest BCUT2D eigenvalue weighted by Gasteiger charge is 2.05. The van der Waals surface area contributed by atoms with Gasteiger partial charge in [-0.2, -0.15) is 0 Å². The van der Waals surface area contributed by atoms with Gasteiger partial charge in [-0.1, -0.05) is 27.7 Å². The largest absolute Gasteiger partial charge is 0.396 e. The number of rotatable bonds is 2. The third-order valence-electron chi connectivity index (χ3n) is 0.883. The van der Waals surface area contributed by atoms with Gasteiger partial charge in [-0.15, -0.1) is 0 Å². The summed E-state index contributed by atoms with van der Waals surface area (Å²) in [5.41, 5.74) is 0.0972. The lowest BCUT2D eigenvalue weighted by atomic mass is 9.99. The summed E-state index contributed by atoms with van der Waals surface area (Å²) in [6.45, 7) is 9.23. The van der Waals surface area contributed by atoms with Crippen LogP contribution in [0.2, 0.25) is 0 Å². The molecule has 0 unspecified atom stereocenters. The Morgan fingerprint density at radius 3 is 1.64 bits per heavy atom. The van der Waals surface area contributed by atoms with Gasteiger partial charge in [-0.05, 0) is 11.8 Å². The maximum atomic E-state index is 8.40. The van der Waals surface area contributed by atoms with E-state index in [1.807, 2.05) is 20.8 Å². The third-order valence-corrected chi connectivity index (χ3v) is 0.883. The Morgan fingerprint density at radius 1 is 1.27 bits per heavy atom. The van der Waals surface area contributed by atoms with E-state index in [2.05, 4.69) is 6.92 Å². The van der Waals surface area contributed by atoms with Crippen LogP contribution in [0.15, 0.2) is 0 Å². The lowest BCUT2D eigenvalue weighted by molar-refractivity contribution is 0.177. The fraction of sp³-hybridized carbons (Fsp3) is 1.00. The molecule has 0 aliphatic carbocycles. The average Bonchev–Trinajstić information content (AvgIpc) is 1.90. The molecular weight excluding hydrogens is 140 g/mol. The molecule has 0 aliphatic heterocycles. The molecule has 0 spiro atoms. The van der Waals surface area contributed by atoms with Gasteiger partial charge in [0, 0.05) is 20.3 Å². The van der Waals surface area contributed by atoms with Crippen molar-refractivity contribution in [3.8, 4) is 0 Å². The van der Waals surface area contributed by atoms with Crippen molar-refractivity contribution >= 4 is 0 Å². The topological polar surface area (TPSA) is 29.5 Å². The minimum atomic E-state index is 0.0972. The van der Waals surface area contributed by atoms with Gasteiger partial charge in [0.2, 0.25) is 0 Å². The minimum Gasteiger partial charge on any atom is -0.396 e. The van der Waals surface area contributed by atoms with Crippen LogP contribution in [0, 0.1) is 5.41 Å². The SMILES string of the molecule is CC(C)(C)CO.CCCOC. The molecule has 2 nitrogen and oxygen atoms in total. The highest BCUT2D eigenvalue weighted by atomic mass is 16.5. The van der Waals surface area contributed by atoms with Crippen molar-refractivity contribution in [2.45, 2.75) is 34.1 Å². The number of ether oxygens (including phenoxy) is 1. The molecule has 11 heavy (non-hydrogen) atoms. The van der Waals surface area contributed by atoms with E-state index < -0.39 is 0 Å². The molecule has 0 saturated heterocycles. The highest BCUT2D eigenvalue weighted by molar-refractivity contribution is 4.55. The van der Waals surface area contributed by atoms with Gasteiger partial charge in [0.25, 0.3) is 0 Å². The summed E-state index contributed by atoms with van der Waals surface area (Å²) in [4.78, 5) is 0. The lowest BCUT2D eigenvalue weighted by Crippen LogP contribution is -2.09. The van der Waals surface area contributed by atoms with Crippen LogP contribution in [0.5, 0.6) is 0 Å². The first kappa shape index (κ1) is 13.5. The van der Waals surface area contributed by atoms with E-state index in [1.165, 1.54) is 0 Å². The standard InChI is InChI=1S/C5H12O.C4H10O/c1-5(2,3)4-6;1-3-4-5-2/h6H,4H2,1-3H3;3-4H2,1-2H3. The van der Waals surface area contributed by atoms with Crippen LogP contribution < -0.4 is 0 Å². The van der Waals surface area contributed by atoms with E-state index >= 15 is 0 Å². The Bertz CT molecular complexity index is 62.5. The smallest absolute Gasteiger partial charge is 0.0479 e. The Morgan fingerprint density at radius 2 is 1.64 bits per heavy atom. The van der Waals surface area contributed by atoms with E-state index in [9.17, 15) is 0 Å². The van der Waals surface area contributed by atoms with Crippen molar-refractivity contribution < 1.29 is 9.84 Å². The highest BCUT2D eigenvalue weighted by Crippen LogP contribution is 2.09. The van der Waals surface area contributed by atoms with Crippen LogP contribution in [0.3, 0.4) is 0 Å². The minimum absolute atomic E-state index is 0.0972. The second-order valence-corrected chi connectivity index (χ2v) is 3.71. The van der Waals surface area contributed by atoms with E-state index in [-0.39, 0.29) is 12.0 Å². The van der Waals surface area contributed by atoms with Crippen LogP contribution in [0.25, 0.3) is 0 Å². The molecule has 0 atom stereocenters. The number of aliphatic hydroxyl groups is 1. The number of aliphatic hydroxyl groups excluding tert-OH is 1. The Hall–Kier alpha value is -0.0800. The van der Waals surface area contributed by atoms with E-state index in [0.717, 1.165) is 13.0 Å². The first-order valence-electron chi connectivity index (χ1n) is 4.07. The van der Waals surface area contributed by atoms with Crippen LogP contribution in [-0.4, -0.2) is 25.4 Å². The Labute approximate surface area is 70.6 Å². The molecule has 0 aliphatic rings. The molecule has 0 rings (SSSR count). The van der Waals surface area contributed by atoms with Crippen molar-refractivity contribution in [3.63, 3.8) is 0 Å². The summed E-state index contributed by atoms with van der Waals surface area (Å²) in [5.74, 6) is 0. The van der Waals surface area contributed by atoms with Crippen molar-refractivity contribution in [2.24, 2.45) is 5.41 Å². The molecule has 70 valence electrons. The molecule has 0 aromatic rings. The normalized spacial score (nSPS) is 10.4. The summed E-state index contributed by atoms with van der Waals surface area (Å²) in [7, 11) is 1.71. The summed E-state index contributed by atoms with van der Waals surface area (Å²) in [6, 6.07) is 0. The molecule has 0 bridgehead atoms. The number of methoxy groups -OCH3 is 1. The molecule has 2 heteroatoms. The molecule has 1 N–H and O–H groups in total. The van der Waals surface area contributed by atoms with E-state index in [1.54, 1.807) is 7.11 Å². The van der Waals surface area contributed by atoms with Gasteiger partial charge >= 0.3 is 0 Å². The molecule has 0 aromatic carbocycles. The zero-order valence-corrected chi connectivity index (χ0v) is 8.48. The summed E-state index contributed by atoms with van der Waals surface area (Å²) >= 11 is 0. The molecule has 0 heterocycles. The van der Waals surface area contributed by atoms with Gasteiger partial charge < -0.3 is 9.84 Å². The van der Waals surface area contributed by atoms with Crippen molar-refractivity contribution in [1.29, 1.82) is 0 Å². The maximum Gasteiger partial charge on any atom is 0.0479 e. The maximum absolute atomic E-state index is 8.40. The van der Waals surface area contributed by atoms with Gasteiger partial charge in [0.15, 0.2) is 0 Å². The van der Waals surface area contributed by atoms with Gasteiger partial charge in [0.05, 0.1) is 0 Å². The zero-order chi connectivity index (χ0) is 9.33. The molecule has 0 radical (unpaired) electrons. The Balaban J connectivity index is 0. The second kappa shape index (κ2) is 8.02. The monoisotopic (exact) mass is 162 g/mol. The summed E-state index contributed by atoms with van der Waals surface area (Å²) in [5, 5.41) is 8.40. The first-order chi connectivity index (χ1) is 4.97. The first-order valence-corrected chi connectivity index (χ1v) is 4.07. The second-order valence-electron chi connectivity index (χ2n) is 3.71. The van der Waals surface area contributed by atoms with Gasteiger partial charge in [0.1, 0.15) is 0 Å². The fourth-order valence-corrected chi connectivity index (χ4v) is 0.204.